The molecule has 3 nitrogen and oxygen atoms in total. The van der Waals surface area contributed by atoms with Crippen molar-refractivity contribution in [3.05, 3.63) is 21.0 Å². The van der Waals surface area contributed by atoms with Crippen LogP contribution in [0.15, 0.2) is 6.07 Å². The van der Waals surface area contributed by atoms with Gasteiger partial charge in [-0.25, -0.2) is 13.8 Å². The predicted molar refractivity (Wildman–Crippen MR) is 51.0 cm³/mol. The second-order valence-electron chi connectivity index (χ2n) is 2.21. The van der Waals surface area contributed by atoms with Crippen LogP contribution < -0.4 is 5.73 Å². The Hall–Kier alpha value is -0.970. The Labute approximate surface area is 86.7 Å². The molecule has 68 valence electrons. The fourth-order valence-corrected chi connectivity index (χ4v) is 1.35. The summed E-state index contributed by atoms with van der Waals surface area (Å²) < 4.78 is 24.8. The predicted octanol–water partition coefficient (Wildman–Crippen LogP) is 2.08. The standard InChI is InChI=1S/C7H4F2IN3/c8-6(9)4-1-3(2-11)13-7(10)5(4)12/h1,6H,12H2. The van der Waals surface area contributed by atoms with E-state index in [1.807, 2.05) is 0 Å². The summed E-state index contributed by atoms with van der Waals surface area (Å²) in [6.45, 7) is 0. The van der Waals surface area contributed by atoms with Gasteiger partial charge in [-0.1, -0.05) is 0 Å². The summed E-state index contributed by atoms with van der Waals surface area (Å²) in [6, 6.07) is 2.69. The van der Waals surface area contributed by atoms with Crippen LogP contribution in [0.2, 0.25) is 0 Å². The van der Waals surface area contributed by atoms with E-state index in [-0.39, 0.29) is 20.6 Å². The van der Waals surface area contributed by atoms with Crippen LogP contribution in [0.4, 0.5) is 14.5 Å². The van der Waals surface area contributed by atoms with Crippen molar-refractivity contribution in [2.45, 2.75) is 6.43 Å². The largest absolute Gasteiger partial charge is 0.396 e. The average Bonchev–Trinajstić information content (AvgIpc) is 2.09. The molecule has 0 aromatic carbocycles. The molecule has 0 amide bonds. The number of alkyl halides is 2. The Morgan fingerprint density at radius 1 is 1.62 bits per heavy atom. The number of nitriles is 1. The topological polar surface area (TPSA) is 62.7 Å². The molecule has 0 aliphatic heterocycles. The quantitative estimate of drug-likeness (QED) is 0.637. The van der Waals surface area contributed by atoms with Gasteiger partial charge < -0.3 is 5.73 Å². The molecule has 0 radical (unpaired) electrons. The van der Waals surface area contributed by atoms with Crippen LogP contribution in [0, 0.1) is 15.0 Å². The SMILES string of the molecule is N#Cc1cc(C(F)F)c(N)c(I)n1. The maximum absolute atomic E-state index is 12.3. The van der Waals surface area contributed by atoms with Gasteiger partial charge in [0, 0.05) is 5.56 Å². The van der Waals surface area contributed by atoms with E-state index in [0.717, 1.165) is 6.07 Å². The van der Waals surface area contributed by atoms with Crippen molar-refractivity contribution in [1.29, 1.82) is 5.26 Å². The number of rotatable bonds is 1. The van der Waals surface area contributed by atoms with E-state index < -0.39 is 6.43 Å². The van der Waals surface area contributed by atoms with Crippen LogP contribution in [0.5, 0.6) is 0 Å². The lowest BCUT2D eigenvalue weighted by molar-refractivity contribution is 0.152. The normalized spacial score (nSPS) is 10.1. The zero-order valence-corrected chi connectivity index (χ0v) is 8.42. The van der Waals surface area contributed by atoms with Crippen molar-refractivity contribution >= 4 is 28.3 Å². The Bertz CT molecular complexity index is 373. The van der Waals surface area contributed by atoms with Gasteiger partial charge in [0.2, 0.25) is 0 Å². The maximum atomic E-state index is 12.3. The highest BCUT2D eigenvalue weighted by Gasteiger charge is 2.15. The number of nitrogens with two attached hydrogens (primary N) is 1. The maximum Gasteiger partial charge on any atom is 0.266 e. The van der Waals surface area contributed by atoms with Gasteiger partial charge in [0.1, 0.15) is 15.5 Å². The molecule has 0 saturated heterocycles. The Morgan fingerprint density at radius 2 is 2.23 bits per heavy atom. The zero-order chi connectivity index (χ0) is 10.0. The van der Waals surface area contributed by atoms with E-state index in [1.54, 1.807) is 28.7 Å². The van der Waals surface area contributed by atoms with Gasteiger partial charge >= 0.3 is 0 Å². The van der Waals surface area contributed by atoms with Crippen molar-refractivity contribution in [3.8, 4) is 6.07 Å². The molecule has 0 fully saturated rings. The number of hydrogen-bond acceptors (Lipinski definition) is 3. The van der Waals surface area contributed by atoms with Gasteiger partial charge in [0.15, 0.2) is 0 Å². The lowest BCUT2D eigenvalue weighted by atomic mass is 10.2. The molecule has 1 heterocycles. The average molecular weight is 295 g/mol. The number of halogens is 3. The van der Waals surface area contributed by atoms with Crippen molar-refractivity contribution in [2.24, 2.45) is 0 Å². The highest BCUT2D eigenvalue weighted by Crippen LogP contribution is 2.28. The summed E-state index contributed by atoms with van der Waals surface area (Å²) in [5, 5.41) is 8.46. The number of nitrogens with zero attached hydrogens (tertiary/aromatic N) is 2. The van der Waals surface area contributed by atoms with Crippen molar-refractivity contribution in [3.63, 3.8) is 0 Å². The lowest BCUT2D eigenvalue weighted by Gasteiger charge is -2.05. The summed E-state index contributed by atoms with van der Waals surface area (Å²) in [5.74, 6) is 0. The molecule has 0 unspecified atom stereocenters. The first-order valence-corrected chi connectivity index (χ1v) is 4.28. The summed E-state index contributed by atoms with van der Waals surface area (Å²) in [4.78, 5) is 3.70. The summed E-state index contributed by atoms with van der Waals surface area (Å²) in [7, 11) is 0. The molecule has 6 heteroatoms. The van der Waals surface area contributed by atoms with Crippen LogP contribution in [0.25, 0.3) is 0 Å². The Kier molecular flexibility index (Phi) is 2.98. The van der Waals surface area contributed by atoms with Crippen LogP contribution in [-0.4, -0.2) is 4.98 Å². The molecule has 1 rings (SSSR count). The minimum Gasteiger partial charge on any atom is -0.396 e. The molecule has 1 aromatic heterocycles. The summed E-state index contributed by atoms with van der Waals surface area (Å²) in [6.07, 6.45) is -2.68. The Balaban J connectivity index is 3.35. The third-order valence-electron chi connectivity index (χ3n) is 1.39. The molecule has 0 spiro atoms. The van der Waals surface area contributed by atoms with E-state index in [1.165, 1.54) is 0 Å². The summed E-state index contributed by atoms with van der Waals surface area (Å²) in [5.41, 5.74) is 4.90. The number of nitrogen functional groups attached to an aromatic ring is 1. The van der Waals surface area contributed by atoms with Gasteiger partial charge in [0.25, 0.3) is 6.43 Å². The molecule has 13 heavy (non-hydrogen) atoms. The number of pyridine rings is 1. The van der Waals surface area contributed by atoms with Gasteiger partial charge in [-0.05, 0) is 28.7 Å². The van der Waals surface area contributed by atoms with E-state index in [2.05, 4.69) is 4.98 Å². The van der Waals surface area contributed by atoms with Crippen molar-refractivity contribution in [2.75, 3.05) is 5.73 Å². The third kappa shape index (κ3) is 2.03. The van der Waals surface area contributed by atoms with E-state index in [0.29, 0.717) is 0 Å². The van der Waals surface area contributed by atoms with Gasteiger partial charge in [-0.3, -0.25) is 0 Å². The second-order valence-corrected chi connectivity index (χ2v) is 3.24. The first kappa shape index (κ1) is 10.1. The smallest absolute Gasteiger partial charge is 0.266 e. The molecule has 0 saturated carbocycles. The minimum atomic E-state index is -2.68. The van der Waals surface area contributed by atoms with Crippen molar-refractivity contribution in [1.82, 2.24) is 4.98 Å². The molecule has 0 aliphatic rings. The summed E-state index contributed by atoms with van der Waals surface area (Å²) >= 11 is 1.71. The van der Waals surface area contributed by atoms with E-state index >= 15 is 0 Å². The number of hydrogen-bond donors (Lipinski definition) is 1. The molecule has 2 N–H and O–H groups in total. The molecule has 0 atom stereocenters. The molecule has 0 aliphatic carbocycles. The van der Waals surface area contributed by atoms with Crippen LogP contribution in [-0.2, 0) is 0 Å². The van der Waals surface area contributed by atoms with Crippen LogP contribution in [0.3, 0.4) is 0 Å². The first-order valence-electron chi connectivity index (χ1n) is 3.20. The second kappa shape index (κ2) is 3.83. The fraction of sp³-hybridized carbons (Fsp3) is 0.143. The minimum absolute atomic E-state index is 0.0473. The fourth-order valence-electron chi connectivity index (χ4n) is 0.780. The Morgan fingerprint density at radius 3 is 2.69 bits per heavy atom. The monoisotopic (exact) mass is 295 g/mol. The van der Waals surface area contributed by atoms with Gasteiger partial charge in [-0.2, -0.15) is 5.26 Å². The van der Waals surface area contributed by atoms with E-state index in [4.69, 9.17) is 11.0 Å². The van der Waals surface area contributed by atoms with Crippen molar-refractivity contribution < 1.29 is 8.78 Å². The molecule has 1 aromatic rings. The molecular formula is C7H4F2IN3. The van der Waals surface area contributed by atoms with Crippen LogP contribution >= 0.6 is 22.6 Å². The van der Waals surface area contributed by atoms with Gasteiger partial charge in [0.05, 0.1) is 5.69 Å². The lowest BCUT2D eigenvalue weighted by Crippen LogP contribution is -2.01. The highest BCUT2D eigenvalue weighted by molar-refractivity contribution is 14.1. The van der Waals surface area contributed by atoms with E-state index in [9.17, 15) is 8.78 Å². The van der Waals surface area contributed by atoms with Gasteiger partial charge in [-0.15, -0.1) is 0 Å². The zero-order valence-electron chi connectivity index (χ0n) is 6.26. The highest BCUT2D eigenvalue weighted by atomic mass is 127. The molecule has 0 bridgehead atoms. The number of aromatic nitrogens is 1. The van der Waals surface area contributed by atoms with Crippen LogP contribution in [0.1, 0.15) is 17.7 Å². The number of anilines is 1. The first-order chi connectivity index (χ1) is 6.06. The molecular weight excluding hydrogens is 291 g/mol. The third-order valence-corrected chi connectivity index (χ3v) is 2.22.